The van der Waals surface area contributed by atoms with Gasteiger partial charge in [-0.3, -0.25) is 4.79 Å². The van der Waals surface area contributed by atoms with Crippen molar-refractivity contribution in [1.82, 2.24) is 29.5 Å². The van der Waals surface area contributed by atoms with E-state index in [1.807, 2.05) is 36.8 Å². The first kappa shape index (κ1) is 27.6. The summed E-state index contributed by atoms with van der Waals surface area (Å²) in [5.41, 5.74) is 2.66. The summed E-state index contributed by atoms with van der Waals surface area (Å²) in [6.07, 6.45) is 4.93. The first-order valence-electron chi connectivity index (χ1n) is 11.5. The average molecular weight is 558 g/mol. The summed E-state index contributed by atoms with van der Waals surface area (Å²) in [7, 11) is -2.60. The Morgan fingerprint density at radius 3 is 2.36 bits per heavy atom. The van der Waals surface area contributed by atoms with E-state index in [4.69, 9.17) is 4.74 Å². The first-order valence-corrected chi connectivity index (χ1v) is 13.4. The zero-order valence-corrected chi connectivity index (χ0v) is 22.5. The van der Waals surface area contributed by atoms with E-state index in [1.165, 1.54) is 37.8 Å². The quantitative estimate of drug-likeness (QED) is 0.330. The highest BCUT2D eigenvalue weighted by molar-refractivity contribution is 7.89. The number of ether oxygens (including phenoxy) is 1. The molecule has 14 heteroatoms. The van der Waals surface area contributed by atoms with Gasteiger partial charge in [0.1, 0.15) is 11.3 Å². The fraction of sp³-hybridized carbons (Fsp3) is 0.240. The van der Waals surface area contributed by atoms with Gasteiger partial charge in [0.15, 0.2) is 5.82 Å². The lowest BCUT2D eigenvalue weighted by atomic mass is 10.1. The van der Waals surface area contributed by atoms with E-state index in [0.717, 1.165) is 34.7 Å². The summed E-state index contributed by atoms with van der Waals surface area (Å²) in [6.45, 7) is 4.61. The fourth-order valence-corrected chi connectivity index (χ4v) is 4.26. The molecule has 2 N–H and O–H groups in total. The van der Waals surface area contributed by atoms with Crippen molar-refractivity contribution in [2.45, 2.75) is 26.7 Å². The molecule has 11 nitrogen and oxygen atoms in total. The van der Waals surface area contributed by atoms with Crippen LogP contribution in [0.3, 0.4) is 0 Å². The van der Waals surface area contributed by atoms with Crippen molar-refractivity contribution in [3.8, 4) is 22.8 Å². The summed E-state index contributed by atoms with van der Waals surface area (Å²) in [6, 6.07) is 8.30. The van der Waals surface area contributed by atoms with Crippen LogP contribution < -0.4 is 14.8 Å². The highest BCUT2D eigenvalue weighted by atomic mass is 32.2. The standard InChI is InChI=1S/C25H25F2N7O4S/c1-14-8-15(2)10-17(9-14)30-24-29-13-19(21(31-24)34-7-6-20(32-34)25(3,26)27)16-11-18(23(38-4)28-12-16)22(35)33-39(5,36)37/h6-13H,1-5H3,(H,33,35)(H,29,30,31). The number of halogens is 2. The molecule has 4 aromatic rings. The molecule has 0 unspecified atom stereocenters. The molecular formula is C25H25F2N7O4S. The predicted molar refractivity (Wildman–Crippen MR) is 140 cm³/mol. The minimum atomic E-state index is -3.88. The largest absolute Gasteiger partial charge is 0.480 e. The van der Waals surface area contributed by atoms with Gasteiger partial charge in [-0.25, -0.2) is 27.8 Å². The molecule has 0 radical (unpaired) electrons. The fourth-order valence-electron chi connectivity index (χ4n) is 3.81. The lowest BCUT2D eigenvalue weighted by Crippen LogP contribution is -2.29. The van der Waals surface area contributed by atoms with Gasteiger partial charge in [-0.05, 0) is 49.2 Å². The molecule has 1 amide bonds. The van der Waals surface area contributed by atoms with Gasteiger partial charge in [-0.2, -0.15) is 18.9 Å². The summed E-state index contributed by atoms with van der Waals surface area (Å²) in [4.78, 5) is 25.7. The van der Waals surface area contributed by atoms with Gasteiger partial charge in [0.2, 0.25) is 21.9 Å². The Morgan fingerprint density at radius 1 is 1.08 bits per heavy atom. The number of amides is 1. The Labute approximate surface area is 223 Å². The molecule has 0 aliphatic rings. The molecule has 0 aliphatic heterocycles. The van der Waals surface area contributed by atoms with Gasteiger partial charge in [0.05, 0.1) is 13.4 Å². The number of aryl methyl sites for hydroxylation is 2. The zero-order chi connectivity index (χ0) is 28.5. The topological polar surface area (TPSA) is 141 Å². The number of rotatable bonds is 8. The molecule has 0 fully saturated rings. The molecular weight excluding hydrogens is 532 g/mol. The van der Waals surface area contributed by atoms with Gasteiger partial charge in [0, 0.05) is 42.3 Å². The molecule has 204 valence electrons. The summed E-state index contributed by atoms with van der Waals surface area (Å²) >= 11 is 0. The second-order valence-electron chi connectivity index (χ2n) is 8.95. The van der Waals surface area contributed by atoms with Crippen LogP contribution in [0.25, 0.3) is 16.9 Å². The second-order valence-corrected chi connectivity index (χ2v) is 10.7. The number of methoxy groups -OCH3 is 1. The highest BCUT2D eigenvalue weighted by Gasteiger charge is 2.28. The maximum atomic E-state index is 14.0. The van der Waals surface area contributed by atoms with Crippen LogP contribution in [0.4, 0.5) is 20.4 Å². The van der Waals surface area contributed by atoms with Crippen molar-refractivity contribution in [2.24, 2.45) is 0 Å². The van der Waals surface area contributed by atoms with Crippen molar-refractivity contribution in [3.05, 3.63) is 71.3 Å². The van der Waals surface area contributed by atoms with Crippen LogP contribution in [0, 0.1) is 13.8 Å². The Balaban J connectivity index is 1.85. The van der Waals surface area contributed by atoms with E-state index in [1.54, 1.807) is 0 Å². The molecule has 0 saturated heterocycles. The van der Waals surface area contributed by atoms with Crippen LogP contribution in [-0.2, 0) is 15.9 Å². The maximum Gasteiger partial charge on any atom is 0.288 e. The van der Waals surface area contributed by atoms with E-state index in [0.29, 0.717) is 0 Å². The van der Waals surface area contributed by atoms with E-state index >= 15 is 0 Å². The molecule has 3 heterocycles. The number of hydrogen-bond acceptors (Lipinski definition) is 9. The number of hydrogen-bond donors (Lipinski definition) is 2. The molecule has 0 aliphatic carbocycles. The van der Waals surface area contributed by atoms with E-state index < -0.39 is 27.5 Å². The third-order valence-corrected chi connectivity index (χ3v) is 5.94. The summed E-state index contributed by atoms with van der Waals surface area (Å²) < 4.78 is 59.4. The Morgan fingerprint density at radius 2 is 1.77 bits per heavy atom. The van der Waals surface area contributed by atoms with Crippen molar-refractivity contribution < 1.29 is 26.7 Å². The number of nitrogens with zero attached hydrogens (tertiary/aromatic N) is 5. The Hall–Kier alpha value is -4.46. The smallest absolute Gasteiger partial charge is 0.288 e. The number of carbonyl (C=O) groups is 1. The van der Waals surface area contributed by atoms with Gasteiger partial charge < -0.3 is 10.1 Å². The Bertz CT molecular complexity index is 1650. The normalized spacial score (nSPS) is 11.8. The third kappa shape index (κ3) is 6.52. The molecule has 4 rings (SSSR count). The number of nitrogens with one attached hydrogen (secondary N) is 2. The second kappa shape index (κ2) is 10.4. The minimum absolute atomic E-state index is 0.105. The van der Waals surface area contributed by atoms with Crippen molar-refractivity contribution >= 4 is 27.6 Å². The summed E-state index contributed by atoms with van der Waals surface area (Å²) in [5.74, 6) is -4.02. The van der Waals surface area contributed by atoms with E-state index in [2.05, 4.69) is 25.4 Å². The lowest BCUT2D eigenvalue weighted by Gasteiger charge is -2.14. The molecule has 39 heavy (non-hydrogen) atoms. The average Bonchev–Trinajstić information content (AvgIpc) is 3.33. The van der Waals surface area contributed by atoms with E-state index in [9.17, 15) is 22.0 Å². The number of alkyl halides is 2. The maximum absolute atomic E-state index is 14.0. The van der Waals surface area contributed by atoms with Crippen LogP contribution in [0.15, 0.2) is 48.9 Å². The molecule has 1 aromatic carbocycles. The van der Waals surface area contributed by atoms with E-state index in [-0.39, 0.29) is 34.3 Å². The van der Waals surface area contributed by atoms with Crippen LogP contribution >= 0.6 is 0 Å². The minimum Gasteiger partial charge on any atom is -0.480 e. The Kier molecular flexibility index (Phi) is 7.33. The third-order valence-electron chi connectivity index (χ3n) is 5.38. The number of carbonyl (C=O) groups excluding carboxylic acids is 1. The van der Waals surface area contributed by atoms with Crippen LogP contribution in [0.5, 0.6) is 5.88 Å². The number of pyridine rings is 1. The number of benzene rings is 1. The summed E-state index contributed by atoms with van der Waals surface area (Å²) in [5, 5.41) is 7.11. The first-order chi connectivity index (χ1) is 18.2. The lowest BCUT2D eigenvalue weighted by molar-refractivity contribution is 0.0124. The van der Waals surface area contributed by atoms with Gasteiger partial charge in [-0.1, -0.05) is 6.07 Å². The molecule has 0 saturated carbocycles. The van der Waals surface area contributed by atoms with Crippen LogP contribution in [0.2, 0.25) is 0 Å². The number of anilines is 2. The zero-order valence-electron chi connectivity index (χ0n) is 21.7. The predicted octanol–water partition coefficient (Wildman–Crippen LogP) is 3.89. The highest BCUT2D eigenvalue weighted by Crippen LogP contribution is 2.31. The molecule has 0 bridgehead atoms. The van der Waals surface area contributed by atoms with Gasteiger partial charge >= 0.3 is 0 Å². The molecule has 0 spiro atoms. The van der Waals surface area contributed by atoms with Gasteiger partial charge in [-0.15, -0.1) is 0 Å². The van der Waals surface area contributed by atoms with Crippen molar-refractivity contribution in [2.75, 3.05) is 18.7 Å². The molecule has 3 aromatic heterocycles. The monoisotopic (exact) mass is 557 g/mol. The van der Waals surface area contributed by atoms with Crippen LogP contribution in [-0.4, -0.2) is 52.4 Å². The number of sulfonamides is 1. The van der Waals surface area contributed by atoms with Crippen molar-refractivity contribution in [1.29, 1.82) is 0 Å². The SMILES string of the molecule is COc1ncc(-c2cnc(Nc3cc(C)cc(C)c3)nc2-n2ccc(C(C)(F)F)n2)cc1C(=O)NS(C)(=O)=O. The molecule has 0 atom stereocenters. The van der Waals surface area contributed by atoms with Crippen LogP contribution in [0.1, 0.15) is 34.1 Å². The van der Waals surface area contributed by atoms with Crippen molar-refractivity contribution in [3.63, 3.8) is 0 Å². The number of aromatic nitrogens is 5. The van der Waals surface area contributed by atoms with Gasteiger partial charge in [0.25, 0.3) is 11.8 Å².